The molecule has 15 aromatic rings. The molecule has 90 heavy (non-hydrogen) atoms. The van der Waals surface area contributed by atoms with Gasteiger partial charge >= 0.3 is 0 Å². The number of hydrogen-bond acceptors (Lipinski definition) is 6. The maximum atomic E-state index is 2.66. The fraction of sp³-hybridized carbons (Fsp3) is 0. The van der Waals surface area contributed by atoms with Crippen molar-refractivity contribution in [3.8, 4) is 0 Å². The van der Waals surface area contributed by atoms with Crippen molar-refractivity contribution in [2.24, 2.45) is 0 Å². The number of rotatable bonds is 8. The van der Waals surface area contributed by atoms with E-state index in [1.807, 2.05) is 23.5 Å². The highest BCUT2D eigenvalue weighted by Gasteiger charge is 2.46. The zero-order valence-electron chi connectivity index (χ0n) is 48.8. The lowest BCUT2D eigenvalue weighted by atomic mass is 9.31. The van der Waals surface area contributed by atoms with Gasteiger partial charge in [-0.05, 0) is 180 Å². The molecule has 0 radical (unpaired) electrons. The highest BCUT2D eigenvalue weighted by Crippen LogP contribution is 2.51. The Morgan fingerprint density at radius 3 is 0.911 bits per heavy atom. The van der Waals surface area contributed by atoms with E-state index < -0.39 is 0 Å². The van der Waals surface area contributed by atoms with E-state index in [0.29, 0.717) is 0 Å². The molecule has 4 aliphatic rings. The summed E-state index contributed by atoms with van der Waals surface area (Å²) >= 11 is 3.87. The quantitative estimate of drug-likeness (QED) is 0.140. The lowest BCUT2D eigenvalue weighted by Crippen LogP contribution is -2.63. The number of anilines is 12. The molecule has 4 aliphatic heterocycles. The van der Waals surface area contributed by atoms with Crippen LogP contribution in [0.2, 0.25) is 0 Å². The van der Waals surface area contributed by atoms with E-state index in [4.69, 9.17) is 0 Å². The minimum atomic E-state index is -0.0869. The zero-order chi connectivity index (χ0) is 59.0. The molecule has 4 nitrogen and oxygen atoms in total. The smallest absolute Gasteiger partial charge is 0.249 e. The van der Waals surface area contributed by atoms with E-state index in [2.05, 4.69) is 335 Å². The van der Waals surface area contributed by atoms with Crippen LogP contribution in [0.1, 0.15) is 0 Å². The van der Waals surface area contributed by atoms with Crippen molar-refractivity contribution in [1.29, 1.82) is 0 Å². The minimum Gasteiger partial charge on any atom is -0.311 e. The van der Waals surface area contributed by atoms with Crippen molar-refractivity contribution >= 4 is 181 Å². The normalized spacial score (nSPS) is 13.2. The lowest BCUT2D eigenvalue weighted by molar-refractivity contribution is 1.22. The third-order valence-corrected chi connectivity index (χ3v) is 21.2. The molecule has 0 bridgehead atoms. The Morgan fingerprint density at radius 1 is 0.222 bits per heavy atom. The van der Waals surface area contributed by atoms with Crippen molar-refractivity contribution in [2.45, 2.75) is 19.6 Å². The Labute approximate surface area is 532 Å². The Kier molecular flexibility index (Phi) is 11.7. The first kappa shape index (κ1) is 51.4. The Balaban J connectivity index is 0.884. The van der Waals surface area contributed by atoms with Crippen LogP contribution in [-0.2, 0) is 0 Å². The van der Waals surface area contributed by atoms with Crippen LogP contribution in [0.5, 0.6) is 0 Å². The molecule has 8 heteroatoms. The first-order valence-corrected chi connectivity index (χ1v) is 32.6. The molecule has 0 fully saturated rings. The van der Waals surface area contributed by atoms with Crippen LogP contribution in [-0.4, -0.2) is 13.4 Å². The topological polar surface area (TPSA) is 13.0 Å². The Morgan fingerprint density at radius 2 is 0.544 bits per heavy atom. The van der Waals surface area contributed by atoms with Gasteiger partial charge in [0.1, 0.15) is 0 Å². The third kappa shape index (κ3) is 8.15. The van der Waals surface area contributed by atoms with Crippen molar-refractivity contribution in [3.63, 3.8) is 0 Å². The number of benzene rings is 15. The number of hydrogen-bond donors (Lipinski definition) is 0. The average Bonchev–Trinajstić information content (AvgIpc) is 0.707. The van der Waals surface area contributed by atoms with Gasteiger partial charge < -0.3 is 19.6 Å². The summed E-state index contributed by atoms with van der Waals surface area (Å²) in [6, 6.07) is 118. The van der Waals surface area contributed by atoms with Gasteiger partial charge in [0.15, 0.2) is 0 Å². The lowest BCUT2D eigenvalue weighted by Gasteiger charge is -2.43. The van der Waals surface area contributed by atoms with Gasteiger partial charge in [-0.3, -0.25) is 0 Å². The first-order chi connectivity index (χ1) is 44.6. The molecule has 0 spiro atoms. The van der Waals surface area contributed by atoms with Gasteiger partial charge in [0.05, 0.1) is 0 Å². The van der Waals surface area contributed by atoms with Gasteiger partial charge in [0, 0.05) is 87.8 Å². The summed E-state index contributed by atoms with van der Waals surface area (Å²) < 4.78 is 0. The van der Waals surface area contributed by atoms with E-state index in [-0.39, 0.29) is 13.4 Å². The number of nitrogens with zero attached hydrogens (tertiary/aromatic N) is 4. The van der Waals surface area contributed by atoms with Gasteiger partial charge in [-0.1, -0.05) is 235 Å². The van der Waals surface area contributed by atoms with Gasteiger partial charge in [0.25, 0.3) is 0 Å². The van der Waals surface area contributed by atoms with Crippen LogP contribution < -0.4 is 52.4 Å². The monoisotopic (exact) mass is 1180 g/mol. The summed E-state index contributed by atoms with van der Waals surface area (Å²) in [5.41, 5.74) is 21.7. The molecule has 0 N–H and O–H groups in total. The van der Waals surface area contributed by atoms with Gasteiger partial charge in [0.2, 0.25) is 13.4 Å². The molecule has 0 amide bonds. The molecule has 0 aliphatic carbocycles. The van der Waals surface area contributed by atoms with Gasteiger partial charge in [-0.2, -0.15) is 0 Å². The summed E-state index contributed by atoms with van der Waals surface area (Å²) in [5, 5.41) is 9.77. The second-order valence-electron chi connectivity index (χ2n) is 24.0. The molecule has 0 aromatic heterocycles. The van der Waals surface area contributed by atoms with Crippen LogP contribution in [0.4, 0.5) is 68.2 Å². The fourth-order valence-corrected chi connectivity index (χ4v) is 17.5. The summed E-state index contributed by atoms with van der Waals surface area (Å²) in [4.78, 5) is 15.1. The maximum Gasteiger partial charge on any atom is 0.249 e. The molecule has 19 rings (SSSR count). The molecule has 418 valence electrons. The van der Waals surface area contributed by atoms with Crippen molar-refractivity contribution in [2.75, 3.05) is 19.6 Å². The second kappa shape index (κ2) is 20.5. The molecule has 15 aromatic carbocycles. The first-order valence-electron chi connectivity index (χ1n) is 30.9. The summed E-state index contributed by atoms with van der Waals surface area (Å²) in [6.45, 7) is -0.174. The van der Waals surface area contributed by atoms with E-state index in [9.17, 15) is 0 Å². The average molecular weight is 1180 g/mol. The fourth-order valence-electron chi connectivity index (χ4n) is 15.0. The molecule has 0 unspecified atom stereocenters. The SMILES string of the molecule is c1ccc(N(c2ccccc2)c2cc3c4c(c2)N(c2ccc5ccccc5c2)c2cc5ccccc5cc2B4c2cc4c(cc2S3)Sc2cc(N(c3ccccc3)c3ccccc3)cc3c2B4c2cc4ccccc4cc2N3c2ccc3ccccc3c2)cc1. The Hall–Kier alpha value is -10.6. The summed E-state index contributed by atoms with van der Waals surface area (Å²) in [7, 11) is 0. The standard InChI is InChI=1S/C82H52B2N4S2/c1-5-29-61(30-6-1)85(62-31-7-2-8-32-62)67-47-75-81-79(49-67)89-77-52-78-72(51-71(77)83(81)69-43-57-25-17-19-27-59(57)45-73(69)87(75)65-39-37-53-21-13-15-23-55(53)41-65)84-70-44-58-26-18-20-28-60(58)46-74(70)88(66-40-38-54-22-14-16-24-56(54)42-66)76-48-68(50-80(90-78)82(76)84)86(63-33-9-3-10-34-63)64-35-11-4-12-36-64/h1-52H. The molecular formula is C82H52B2N4S2. The van der Waals surface area contributed by atoms with E-state index in [1.165, 1.54) is 118 Å². The molecule has 0 saturated heterocycles. The van der Waals surface area contributed by atoms with Crippen LogP contribution in [0.25, 0.3) is 43.1 Å². The molecular weight excluding hydrogens is 1130 g/mol. The minimum absolute atomic E-state index is 0.0869. The summed E-state index contributed by atoms with van der Waals surface area (Å²) in [6.07, 6.45) is 0. The van der Waals surface area contributed by atoms with Crippen LogP contribution in [0.3, 0.4) is 0 Å². The van der Waals surface area contributed by atoms with Gasteiger partial charge in [-0.25, -0.2) is 0 Å². The molecule has 0 saturated carbocycles. The highest BCUT2D eigenvalue weighted by molar-refractivity contribution is 8.01. The van der Waals surface area contributed by atoms with Crippen molar-refractivity contribution in [1.82, 2.24) is 0 Å². The zero-order valence-corrected chi connectivity index (χ0v) is 50.4. The number of para-hydroxylation sites is 4. The van der Waals surface area contributed by atoms with Crippen LogP contribution in [0, 0.1) is 0 Å². The molecule has 4 heterocycles. The largest absolute Gasteiger partial charge is 0.311 e. The predicted molar refractivity (Wildman–Crippen MR) is 386 cm³/mol. The predicted octanol–water partition coefficient (Wildman–Crippen LogP) is 18.8. The van der Waals surface area contributed by atoms with Crippen LogP contribution in [0.15, 0.2) is 335 Å². The Bertz CT molecular complexity index is 5020. The van der Waals surface area contributed by atoms with Crippen molar-refractivity contribution in [3.05, 3.63) is 315 Å². The third-order valence-electron chi connectivity index (χ3n) is 18.9. The maximum absolute atomic E-state index is 2.66. The molecule has 0 atom stereocenters. The van der Waals surface area contributed by atoms with E-state index >= 15 is 0 Å². The second-order valence-corrected chi connectivity index (χ2v) is 26.2. The van der Waals surface area contributed by atoms with E-state index in [0.717, 1.165) is 45.5 Å². The van der Waals surface area contributed by atoms with Gasteiger partial charge in [-0.15, -0.1) is 0 Å². The highest BCUT2D eigenvalue weighted by atomic mass is 32.2. The summed E-state index contributed by atoms with van der Waals surface area (Å²) in [5.74, 6) is 0. The van der Waals surface area contributed by atoms with Crippen LogP contribution >= 0.6 is 23.5 Å². The van der Waals surface area contributed by atoms with E-state index in [1.54, 1.807) is 0 Å². The number of fused-ring (bicyclic) bond motifs is 12. The van der Waals surface area contributed by atoms with Crippen molar-refractivity contribution < 1.29 is 0 Å².